The van der Waals surface area contributed by atoms with Crippen molar-refractivity contribution < 1.29 is 63.8 Å². The molecule has 9 atom stereocenters. The van der Waals surface area contributed by atoms with Crippen molar-refractivity contribution in [1.29, 1.82) is 0 Å². The van der Waals surface area contributed by atoms with E-state index in [1.165, 1.54) is 19.2 Å². The van der Waals surface area contributed by atoms with Crippen LogP contribution in [0.5, 0.6) is 17.2 Å². The maximum Gasteiger partial charge on any atom is 0.228 e. The average molecular weight is 579 g/mol. The third-order valence-corrected chi connectivity index (χ3v) is 7.00. The molecule has 0 saturated carbocycles. The second-order valence-corrected chi connectivity index (χ2v) is 9.69. The zero-order valence-electron chi connectivity index (χ0n) is 21.6. The highest BCUT2D eigenvalue weighted by molar-refractivity contribution is 5.86. The first-order chi connectivity index (χ1) is 19.6. The summed E-state index contributed by atoms with van der Waals surface area (Å²) in [7, 11) is 1.52. The van der Waals surface area contributed by atoms with E-state index in [0.717, 1.165) is 6.07 Å². The zero-order chi connectivity index (χ0) is 29.4. The van der Waals surface area contributed by atoms with E-state index in [9.17, 15) is 40.5 Å². The van der Waals surface area contributed by atoms with Crippen LogP contribution in [0.3, 0.4) is 0 Å². The van der Waals surface area contributed by atoms with Gasteiger partial charge in [-0.3, -0.25) is 4.79 Å². The Kier molecular flexibility index (Phi) is 8.47. The van der Waals surface area contributed by atoms with Crippen LogP contribution in [0.4, 0.5) is 0 Å². The summed E-state index contributed by atoms with van der Waals surface area (Å²) in [6, 6.07) is 10.5. The molecule has 222 valence electrons. The predicted octanol–water partition coefficient (Wildman–Crippen LogP) is -1.18. The Morgan fingerprint density at radius 1 is 0.878 bits per heavy atom. The lowest BCUT2D eigenvalue weighted by atomic mass is 9.99. The Labute approximate surface area is 232 Å². The van der Waals surface area contributed by atoms with Gasteiger partial charge in [0.05, 0.1) is 20.3 Å². The number of hydrogen-bond acceptors (Lipinski definition) is 14. The Morgan fingerprint density at radius 3 is 2.27 bits per heavy atom. The van der Waals surface area contributed by atoms with Crippen molar-refractivity contribution in [2.45, 2.75) is 55.3 Å². The quantitative estimate of drug-likeness (QED) is 0.176. The van der Waals surface area contributed by atoms with Gasteiger partial charge in [-0.15, -0.1) is 0 Å². The summed E-state index contributed by atoms with van der Waals surface area (Å²) in [6.07, 6.45) is -13.8. The van der Waals surface area contributed by atoms with Crippen LogP contribution < -0.4 is 14.9 Å². The molecule has 7 N–H and O–H groups in total. The molecule has 3 heterocycles. The minimum atomic E-state index is -1.72. The van der Waals surface area contributed by atoms with Gasteiger partial charge in [0, 0.05) is 23.8 Å². The minimum absolute atomic E-state index is 0.00649. The van der Waals surface area contributed by atoms with Crippen LogP contribution in [0, 0.1) is 0 Å². The van der Waals surface area contributed by atoms with Crippen molar-refractivity contribution in [2.24, 2.45) is 0 Å². The number of ether oxygens (including phenoxy) is 5. The smallest absolute Gasteiger partial charge is 0.228 e. The molecule has 3 unspecified atom stereocenters. The molecule has 0 aliphatic carbocycles. The third kappa shape index (κ3) is 5.74. The molecule has 2 fully saturated rings. The average Bonchev–Trinajstić information content (AvgIpc) is 2.96. The summed E-state index contributed by atoms with van der Waals surface area (Å²) in [5, 5.41) is 71.1. The summed E-state index contributed by atoms with van der Waals surface area (Å²) in [4.78, 5) is 12.7. The summed E-state index contributed by atoms with van der Waals surface area (Å²) in [5.41, 5.74) is 0.0712. The molecule has 0 amide bonds. The SMILES string of the molecule is COc1ccc(-c2cc(=O)c3c(O)cc(O[C@@H]4OC[C@@H](O[C@@H]5OC(CO)[C@@H](O)[C@H](O)C5O)[C@H](O)C4O)cc3o2)cc1. The topological polar surface area (TPSA) is 218 Å². The van der Waals surface area contributed by atoms with Gasteiger partial charge in [0.1, 0.15) is 76.7 Å². The van der Waals surface area contributed by atoms with E-state index < -0.39 is 73.1 Å². The van der Waals surface area contributed by atoms with E-state index >= 15 is 0 Å². The molecule has 2 aliphatic heterocycles. The van der Waals surface area contributed by atoms with Crippen LogP contribution in [0.2, 0.25) is 0 Å². The van der Waals surface area contributed by atoms with Gasteiger partial charge in [-0.25, -0.2) is 0 Å². The first-order valence-electron chi connectivity index (χ1n) is 12.7. The number of phenolic OH excluding ortho intramolecular Hbond substituents is 1. The van der Waals surface area contributed by atoms with E-state index in [1.54, 1.807) is 24.3 Å². The Bertz CT molecular complexity index is 1410. The number of aliphatic hydroxyl groups excluding tert-OH is 6. The standard InChI is InChI=1S/C27H30O14/c1-36-12-4-2-11(3-5-12)16-8-15(30)20-14(29)6-13(7-17(20)39-16)38-26-24(34)22(32)19(10-37-26)41-27-25(35)23(33)21(31)18(9-28)40-27/h2-8,18-19,21-29,31-35H,9-10H2,1H3/t18?,19-,21-,22+,23+,24?,25?,26+,27+/m1/s1. The molecule has 0 radical (unpaired) electrons. The maximum atomic E-state index is 12.7. The fourth-order valence-corrected chi connectivity index (χ4v) is 4.69. The number of fused-ring (bicyclic) bond motifs is 1. The van der Waals surface area contributed by atoms with Crippen LogP contribution >= 0.6 is 0 Å². The monoisotopic (exact) mass is 578 g/mol. The number of methoxy groups -OCH3 is 1. The van der Waals surface area contributed by atoms with Crippen molar-refractivity contribution in [3.63, 3.8) is 0 Å². The van der Waals surface area contributed by atoms with Gasteiger partial charge in [0.2, 0.25) is 6.29 Å². The van der Waals surface area contributed by atoms with Gasteiger partial charge in [0.25, 0.3) is 0 Å². The lowest BCUT2D eigenvalue weighted by Gasteiger charge is -2.43. The molecule has 5 rings (SSSR count). The molecule has 2 aromatic carbocycles. The van der Waals surface area contributed by atoms with E-state index in [4.69, 9.17) is 28.1 Å². The van der Waals surface area contributed by atoms with E-state index in [-0.39, 0.29) is 29.1 Å². The molecular formula is C27H30O14. The van der Waals surface area contributed by atoms with Crippen LogP contribution in [-0.4, -0.2) is 111 Å². The summed E-state index contributed by atoms with van der Waals surface area (Å²) in [5.74, 6) is 0.343. The lowest BCUT2D eigenvalue weighted by molar-refractivity contribution is -0.338. The third-order valence-electron chi connectivity index (χ3n) is 7.00. The summed E-state index contributed by atoms with van der Waals surface area (Å²) < 4.78 is 32.9. The predicted molar refractivity (Wildman–Crippen MR) is 137 cm³/mol. The van der Waals surface area contributed by atoms with E-state index in [2.05, 4.69) is 0 Å². The normalized spacial score (nSPS) is 32.1. The Hall–Kier alpha value is -3.31. The highest BCUT2D eigenvalue weighted by Crippen LogP contribution is 2.33. The van der Waals surface area contributed by atoms with Crippen molar-refractivity contribution in [3.8, 4) is 28.6 Å². The second-order valence-electron chi connectivity index (χ2n) is 9.69. The number of rotatable bonds is 7. The summed E-state index contributed by atoms with van der Waals surface area (Å²) in [6.45, 7) is -1.04. The molecule has 0 spiro atoms. The molecule has 0 bridgehead atoms. The first-order valence-corrected chi connectivity index (χ1v) is 12.7. The highest BCUT2D eigenvalue weighted by Gasteiger charge is 2.48. The number of aliphatic hydroxyl groups is 6. The van der Waals surface area contributed by atoms with Gasteiger partial charge in [0.15, 0.2) is 11.7 Å². The van der Waals surface area contributed by atoms with Gasteiger partial charge < -0.3 is 63.8 Å². The molecule has 3 aromatic rings. The molecule has 14 heteroatoms. The fourth-order valence-electron chi connectivity index (χ4n) is 4.69. The van der Waals surface area contributed by atoms with Gasteiger partial charge in [-0.2, -0.15) is 0 Å². The van der Waals surface area contributed by atoms with Crippen LogP contribution in [0.1, 0.15) is 0 Å². The molecule has 41 heavy (non-hydrogen) atoms. The molecule has 2 aliphatic rings. The summed E-state index contributed by atoms with van der Waals surface area (Å²) >= 11 is 0. The maximum absolute atomic E-state index is 12.7. The number of aromatic hydroxyl groups is 1. The molecule has 14 nitrogen and oxygen atoms in total. The zero-order valence-corrected chi connectivity index (χ0v) is 21.6. The molecular weight excluding hydrogens is 548 g/mol. The van der Waals surface area contributed by atoms with Crippen molar-refractivity contribution >= 4 is 11.0 Å². The molecule has 1 aromatic heterocycles. The number of hydrogen-bond donors (Lipinski definition) is 7. The van der Waals surface area contributed by atoms with Crippen molar-refractivity contribution in [3.05, 3.63) is 52.7 Å². The Balaban J connectivity index is 1.31. The van der Waals surface area contributed by atoms with Crippen LogP contribution in [-0.2, 0) is 14.2 Å². The van der Waals surface area contributed by atoms with Crippen LogP contribution in [0.25, 0.3) is 22.3 Å². The van der Waals surface area contributed by atoms with Gasteiger partial charge in [-0.05, 0) is 24.3 Å². The number of benzene rings is 2. The van der Waals surface area contributed by atoms with Crippen LogP contribution in [0.15, 0.2) is 51.7 Å². The lowest BCUT2D eigenvalue weighted by Crippen LogP contribution is -2.62. The van der Waals surface area contributed by atoms with E-state index in [1.807, 2.05) is 0 Å². The Morgan fingerprint density at radius 2 is 1.59 bits per heavy atom. The van der Waals surface area contributed by atoms with Crippen molar-refractivity contribution in [2.75, 3.05) is 20.3 Å². The number of phenols is 1. The minimum Gasteiger partial charge on any atom is -0.507 e. The van der Waals surface area contributed by atoms with Gasteiger partial charge in [-0.1, -0.05) is 0 Å². The molecule has 2 saturated heterocycles. The largest absolute Gasteiger partial charge is 0.507 e. The first kappa shape index (κ1) is 29.2. The fraction of sp³-hybridized carbons (Fsp3) is 0.444. The highest BCUT2D eigenvalue weighted by atomic mass is 16.7. The van der Waals surface area contributed by atoms with Crippen molar-refractivity contribution in [1.82, 2.24) is 0 Å². The second kappa shape index (κ2) is 11.9. The van der Waals surface area contributed by atoms with Gasteiger partial charge >= 0.3 is 0 Å². The van der Waals surface area contributed by atoms with E-state index in [0.29, 0.717) is 11.3 Å².